The van der Waals surface area contributed by atoms with E-state index in [1.54, 1.807) is 0 Å². The smallest absolute Gasteiger partial charge is 0.0110 e. The first kappa shape index (κ1) is 20.3. The molecule has 0 bridgehead atoms. The second-order valence-electron chi connectivity index (χ2n) is 3.69. The normalized spacial score (nSPS) is 21.2. The minimum atomic E-state index is 0. The van der Waals surface area contributed by atoms with Crippen molar-refractivity contribution in [3.8, 4) is 0 Å². The summed E-state index contributed by atoms with van der Waals surface area (Å²) >= 11 is 0. The Balaban J connectivity index is 0. The van der Waals surface area contributed by atoms with Gasteiger partial charge in [0.25, 0.3) is 0 Å². The Bertz CT molecular complexity index is 117. The van der Waals surface area contributed by atoms with Crippen LogP contribution in [0.4, 0.5) is 0 Å². The quantitative estimate of drug-likeness (QED) is 0.805. The van der Waals surface area contributed by atoms with E-state index in [1.807, 2.05) is 27.7 Å². The zero-order valence-corrected chi connectivity index (χ0v) is 15.0. The zero-order chi connectivity index (χ0) is 12.2. The van der Waals surface area contributed by atoms with E-state index >= 15 is 0 Å². The van der Waals surface area contributed by atoms with Crippen molar-refractivity contribution in [2.75, 3.05) is 39.3 Å². The van der Waals surface area contributed by atoms with Crippen LogP contribution in [-0.2, 0) is 32.7 Å². The van der Waals surface area contributed by atoms with E-state index in [-0.39, 0.29) is 32.7 Å². The molecular weight excluding hydrogens is 287 g/mol. The molecule has 17 heavy (non-hydrogen) atoms. The van der Waals surface area contributed by atoms with Gasteiger partial charge in [-0.1, -0.05) is 40.5 Å². The Kier molecular flexibility index (Phi) is 18.0. The summed E-state index contributed by atoms with van der Waals surface area (Å²) in [5.41, 5.74) is 0. The Morgan fingerprint density at radius 3 is 1.88 bits per heavy atom. The summed E-state index contributed by atoms with van der Waals surface area (Å²) in [5, 5.41) is 7.77. The van der Waals surface area contributed by atoms with Crippen molar-refractivity contribution >= 4 is 0 Å². The van der Waals surface area contributed by atoms with Crippen molar-refractivity contribution in [3.63, 3.8) is 0 Å². The van der Waals surface area contributed by atoms with E-state index in [2.05, 4.69) is 15.5 Å². The van der Waals surface area contributed by atoms with Gasteiger partial charge in [0.2, 0.25) is 0 Å². The van der Waals surface area contributed by atoms with E-state index in [0.29, 0.717) is 0 Å². The summed E-state index contributed by atoms with van der Waals surface area (Å²) < 4.78 is 0. The molecule has 0 aromatic rings. The summed E-state index contributed by atoms with van der Waals surface area (Å²) in [6.07, 6.45) is 2.58. The topological polar surface area (TPSA) is 29.4 Å². The van der Waals surface area contributed by atoms with Crippen LogP contribution in [0, 0.1) is 0 Å². The van der Waals surface area contributed by atoms with Gasteiger partial charge in [-0.2, -0.15) is 0 Å². The third kappa shape index (κ3) is 8.66. The molecule has 101 valence electrons. The van der Waals surface area contributed by atoms with E-state index < -0.39 is 0 Å². The second kappa shape index (κ2) is 15.0. The van der Waals surface area contributed by atoms with Crippen molar-refractivity contribution in [3.05, 3.63) is 5.32 Å². The van der Waals surface area contributed by atoms with Gasteiger partial charge in [-0.25, -0.2) is 0 Å². The predicted octanol–water partition coefficient (Wildman–Crippen LogP) is 2.48. The maximum Gasteiger partial charge on any atom is 0.0110 e. The fourth-order valence-electron chi connectivity index (χ4n) is 2.15. The molecule has 2 aliphatic rings. The number of nitrogens with one attached hydrogen (secondary N) is 1. The SMILES string of the molecule is C1CC(N2CCNCC2)CC[N-]1.CC.CC.[Y]. The average molecular weight is 317 g/mol. The van der Waals surface area contributed by atoms with Crippen LogP contribution in [0.3, 0.4) is 0 Å². The minimum absolute atomic E-state index is 0. The molecule has 2 saturated heterocycles. The molecule has 0 spiro atoms. The van der Waals surface area contributed by atoms with Crippen LogP contribution in [0.1, 0.15) is 40.5 Å². The third-order valence-electron chi connectivity index (χ3n) is 2.91. The van der Waals surface area contributed by atoms with Crippen molar-refractivity contribution in [1.29, 1.82) is 0 Å². The van der Waals surface area contributed by atoms with Gasteiger partial charge in [0, 0.05) is 64.9 Å². The van der Waals surface area contributed by atoms with Crippen LogP contribution in [0.2, 0.25) is 0 Å². The number of nitrogens with zero attached hydrogens (tertiary/aromatic N) is 2. The standard InChI is InChI=1S/C9H18N3.2C2H6.Y/c1-3-10-4-2-9(1)12-7-5-11-6-8-12;2*1-2;/h9,11H,1-8H2;2*1-2H3;/q-1;;;. The molecule has 4 heteroatoms. The molecule has 2 fully saturated rings. The van der Waals surface area contributed by atoms with Gasteiger partial charge in [-0.15, -0.1) is 13.1 Å². The molecule has 0 aliphatic carbocycles. The maximum absolute atomic E-state index is 4.38. The van der Waals surface area contributed by atoms with Gasteiger partial charge in [-0.3, -0.25) is 4.90 Å². The molecule has 1 N–H and O–H groups in total. The van der Waals surface area contributed by atoms with Crippen LogP contribution >= 0.6 is 0 Å². The van der Waals surface area contributed by atoms with Gasteiger partial charge in [0.15, 0.2) is 0 Å². The molecule has 2 heterocycles. The molecule has 0 aromatic carbocycles. The molecule has 2 aliphatic heterocycles. The summed E-state index contributed by atoms with van der Waals surface area (Å²) in [4.78, 5) is 2.63. The fourth-order valence-corrected chi connectivity index (χ4v) is 2.15. The first-order valence-corrected chi connectivity index (χ1v) is 7.05. The molecule has 0 atom stereocenters. The van der Waals surface area contributed by atoms with Crippen LogP contribution < -0.4 is 5.32 Å². The predicted molar refractivity (Wildman–Crippen MR) is 73.3 cm³/mol. The molecule has 0 amide bonds. The van der Waals surface area contributed by atoms with Crippen LogP contribution in [0.5, 0.6) is 0 Å². The summed E-state index contributed by atoms with van der Waals surface area (Å²) in [7, 11) is 0. The Morgan fingerprint density at radius 1 is 0.941 bits per heavy atom. The number of rotatable bonds is 1. The van der Waals surface area contributed by atoms with Gasteiger partial charge < -0.3 is 10.6 Å². The summed E-state index contributed by atoms with van der Waals surface area (Å²) in [6, 6.07) is 0.838. The number of hydrogen-bond acceptors (Lipinski definition) is 2. The van der Waals surface area contributed by atoms with Gasteiger partial charge in [-0.05, 0) is 0 Å². The van der Waals surface area contributed by atoms with E-state index in [1.165, 1.54) is 39.0 Å². The molecule has 0 unspecified atom stereocenters. The molecule has 1 radical (unpaired) electrons. The van der Waals surface area contributed by atoms with Crippen LogP contribution in [0.25, 0.3) is 5.32 Å². The van der Waals surface area contributed by atoms with Gasteiger partial charge in [0.05, 0.1) is 0 Å². The van der Waals surface area contributed by atoms with Crippen LogP contribution in [-0.4, -0.2) is 50.2 Å². The monoisotopic (exact) mass is 317 g/mol. The van der Waals surface area contributed by atoms with Crippen molar-refractivity contribution in [2.45, 2.75) is 46.6 Å². The summed E-state index contributed by atoms with van der Waals surface area (Å²) in [5.74, 6) is 0. The number of piperidine rings is 1. The third-order valence-corrected chi connectivity index (χ3v) is 2.91. The summed E-state index contributed by atoms with van der Waals surface area (Å²) in [6.45, 7) is 15.0. The van der Waals surface area contributed by atoms with Crippen molar-refractivity contribution < 1.29 is 32.7 Å². The largest absolute Gasteiger partial charge is 0.662 e. The molecule has 2 rings (SSSR count). The first-order valence-electron chi connectivity index (χ1n) is 7.05. The van der Waals surface area contributed by atoms with Crippen LogP contribution in [0.15, 0.2) is 0 Å². The molecular formula is C13H30N3Y-. The molecule has 0 aromatic heterocycles. The zero-order valence-electron chi connectivity index (χ0n) is 12.2. The van der Waals surface area contributed by atoms with Crippen molar-refractivity contribution in [1.82, 2.24) is 10.2 Å². The first-order chi connectivity index (χ1) is 7.97. The second-order valence-corrected chi connectivity index (χ2v) is 3.69. The van der Waals surface area contributed by atoms with Gasteiger partial charge >= 0.3 is 0 Å². The molecule has 3 nitrogen and oxygen atoms in total. The average Bonchev–Trinajstić information content (AvgIpc) is 2.45. The Hall–Kier alpha value is 0.984. The van der Waals surface area contributed by atoms with E-state index in [9.17, 15) is 0 Å². The number of piperazine rings is 1. The Labute approximate surface area is 133 Å². The van der Waals surface area contributed by atoms with E-state index in [0.717, 1.165) is 19.1 Å². The van der Waals surface area contributed by atoms with Gasteiger partial charge in [0.1, 0.15) is 0 Å². The van der Waals surface area contributed by atoms with E-state index in [4.69, 9.17) is 0 Å². The minimum Gasteiger partial charge on any atom is -0.662 e. The maximum atomic E-state index is 4.38. The fraction of sp³-hybridized carbons (Fsp3) is 1.00. The Morgan fingerprint density at radius 2 is 1.41 bits per heavy atom. The molecule has 0 saturated carbocycles. The number of hydrogen-bond donors (Lipinski definition) is 1. The van der Waals surface area contributed by atoms with Crippen molar-refractivity contribution in [2.24, 2.45) is 0 Å².